The Kier molecular flexibility index (Phi) is 4.12. The molecule has 1 aliphatic heterocycles. The molecule has 4 aromatic rings. The number of para-hydroxylation sites is 1. The number of benzene rings is 2. The summed E-state index contributed by atoms with van der Waals surface area (Å²) in [5.74, 6) is -0.616. The molecule has 0 spiro atoms. The molecule has 8 nitrogen and oxygen atoms in total. The highest BCUT2D eigenvalue weighted by atomic mass is 19.1. The molecule has 5 rings (SSSR count). The van der Waals surface area contributed by atoms with E-state index in [1.165, 1.54) is 35.0 Å². The van der Waals surface area contributed by atoms with E-state index >= 15 is 0 Å². The minimum absolute atomic E-state index is 0.140. The van der Waals surface area contributed by atoms with E-state index in [2.05, 4.69) is 20.3 Å². The molecule has 152 valence electrons. The Balaban J connectivity index is 1.60. The summed E-state index contributed by atoms with van der Waals surface area (Å²) in [5, 5.41) is 2.93. The fraction of sp³-hybridized carbons (Fsp3) is 0.150. The van der Waals surface area contributed by atoms with E-state index in [0.29, 0.717) is 28.8 Å². The fourth-order valence-corrected chi connectivity index (χ4v) is 3.67. The zero-order chi connectivity index (χ0) is 20.8. The van der Waals surface area contributed by atoms with E-state index < -0.39 is 17.7 Å². The van der Waals surface area contributed by atoms with Crippen LogP contribution in [-0.4, -0.2) is 26.1 Å². The number of hydrogen-bond acceptors (Lipinski definition) is 6. The second-order valence-electron chi connectivity index (χ2n) is 6.90. The van der Waals surface area contributed by atoms with Crippen molar-refractivity contribution in [3.05, 3.63) is 70.3 Å². The van der Waals surface area contributed by atoms with E-state index in [0.717, 1.165) is 0 Å². The zero-order valence-corrected chi connectivity index (χ0v) is 15.5. The third-order valence-electron chi connectivity index (χ3n) is 5.02. The smallest absolute Gasteiger partial charge is 0.328 e. The largest absolute Gasteiger partial charge is 0.490 e. The summed E-state index contributed by atoms with van der Waals surface area (Å²) < 4.78 is 34.4. The number of ether oxygens (including phenoxy) is 1. The van der Waals surface area contributed by atoms with Crippen molar-refractivity contribution in [1.29, 1.82) is 0 Å². The molecule has 0 bridgehead atoms. The van der Waals surface area contributed by atoms with Gasteiger partial charge in [-0.3, -0.25) is 4.57 Å². The predicted octanol–water partition coefficient (Wildman–Crippen LogP) is 3.10. The van der Waals surface area contributed by atoms with Crippen LogP contribution in [0.15, 0.2) is 47.4 Å². The summed E-state index contributed by atoms with van der Waals surface area (Å²) >= 11 is 0. The quantitative estimate of drug-likeness (QED) is 0.448. The second kappa shape index (κ2) is 6.83. The van der Waals surface area contributed by atoms with Gasteiger partial charge in [0.2, 0.25) is 5.95 Å². The molecule has 10 heteroatoms. The lowest BCUT2D eigenvalue weighted by Gasteiger charge is -2.26. The van der Waals surface area contributed by atoms with Gasteiger partial charge >= 0.3 is 5.69 Å². The van der Waals surface area contributed by atoms with E-state index in [-0.39, 0.29) is 29.7 Å². The highest BCUT2D eigenvalue weighted by molar-refractivity contribution is 5.75. The van der Waals surface area contributed by atoms with Gasteiger partial charge in [-0.1, -0.05) is 12.1 Å². The number of fused-ring (bicyclic) bond motifs is 2. The van der Waals surface area contributed by atoms with Crippen molar-refractivity contribution in [2.45, 2.75) is 12.5 Å². The van der Waals surface area contributed by atoms with Crippen LogP contribution in [0.1, 0.15) is 18.0 Å². The maximum absolute atomic E-state index is 14.2. The molecule has 0 radical (unpaired) electrons. The van der Waals surface area contributed by atoms with Crippen LogP contribution >= 0.6 is 0 Å². The predicted molar refractivity (Wildman–Crippen MR) is 107 cm³/mol. The molecule has 1 aliphatic rings. The number of imidazole rings is 1. The number of aromatic amines is 1. The van der Waals surface area contributed by atoms with Gasteiger partial charge in [-0.05, 0) is 24.3 Å². The van der Waals surface area contributed by atoms with Gasteiger partial charge in [0, 0.05) is 12.0 Å². The zero-order valence-electron chi connectivity index (χ0n) is 15.5. The van der Waals surface area contributed by atoms with Crippen LogP contribution in [0.3, 0.4) is 0 Å². The number of nitrogen functional groups attached to an aromatic ring is 1. The Morgan fingerprint density at radius 3 is 2.97 bits per heavy atom. The maximum atomic E-state index is 14.2. The average Bonchev–Trinajstić information content (AvgIpc) is 3.05. The molecule has 2 aromatic heterocycles. The number of H-pyrrole nitrogens is 1. The number of nitrogens with two attached hydrogens (primary N) is 1. The summed E-state index contributed by atoms with van der Waals surface area (Å²) in [6, 6.07) is 8.08. The van der Waals surface area contributed by atoms with Gasteiger partial charge in [0.05, 0.1) is 30.2 Å². The molecule has 0 saturated carbocycles. The molecule has 0 fully saturated rings. The lowest BCUT2D eigenvalue weighted by atomic mass is 10.00. The van der Waals surface area contributed by atoms with E-state index in [4.69, 9.17) is 10.5 Å². The summed E-state index contributed by atoms with van der Waals surface area (Å²) in [7, 11) is 0. The molecular formula is C20H16F2N6O2. The number of halogens is 2. The number of anilines is 3. The van der Waals surface area contributed by atoms with Crippen LogP contribution < -0.4 is 21.5 Å². The van der Waals surface area contributed by atoms with E-state index in [1.807, 2.05) is 0 Å². The average molecular weight is 410 g/mol. The van der Waals surface area contributed by atoms with E-state index in [1.54, 1.807) is 12.1 Å². The minimum Gasteiger partial charge on any atom is -0.490 e. The first kappa shape index (κ1) is 18.1. The molecular weight excluding hydrogens is 394 g/mol. The first-order chi connectivity index (χ1) is 14.5. The fourth-order valence-electron chi connectivity index (χ4n) is 3.67. The lowest BCUT2D eigenvalue weighted by Crippen LogP contribution is -2.28. The Labute approximate surface area is 168 Å². The van der Waals surface area contributed by atoms with E-state index in [9.17, 15) is 13.6 Å². The van der Waals surface area contributed by atoms with Crippen molar-refractivity contribution in [1.82, 2.24) is 19.5 Å². The van der Waals surface area contributed by atoms with Crippen molar-refractivity contribution in [3.63, 3.8) is 0 Å². The molecule has 0 amide bonds. The topological polar surface area (TPSA) is 111 Å². The lowest BCUT2D eigenvalue weighted by molar-refractivity contribution is 0.244. The van der Waals surface area contributed by atoms with Crippen LogP contribution in [-0.2, 0) is 0 Å². The normalized spacial score (nSPS) is 15.6. The first-order valence-electron chi connectivity index (χ1n) is 9.22. The number of rotatable bonds is 3. The standard InChI is InChI=1S/C20H16F2N6O2/c21-10-4-5-14(13(23)8-10)25-19-24-9-15-18(27-19)28(20(29)26-15)16-6-7-30-17-11(16)2-1-3-12(17)22/h1-5,8-9,16H,6-7,23H2,(H,26,29)(H,24,25,27)/t16-/m1/s1. The van der Waals surface area contributed by atoms with Gasteiger partial charge in [0.15, 0.2) is 17.2 Å². The molecule has 2 aromatic carbocycles. The Hall–Kier alpha value is -3.95. The second-order valence-corrected chi connectivity index (χ2v) is 6.90. The monoisotopic (exact) mass is 410 g/mol. The van der Waals surface area contributed by atoms with Crippen molar-refractivity contribution >= 4 is 28.5 Å². The van der Waals surface area contributed by atoms with Crippen LogP contribution in [0.5, 0.6) is 5.75 Å². The molecule has 4 N–H and O–H groups in total. The van der Waals surface area contributed by atoms with Crippen LogP contribution in [0.25, 0.3) is 11.2 Å². The van der Waals surface area contributed by atoms with Crippen molar-refractivity contribution in [3.8, 4) is 5.75 Å². The van der Waals surface area contributed by atoms with Crippen molar-refractivity contribution in [2.24, 2.45) is 0 Å². The van der Waals surface area contributed by atoms with Gasteiger partial charge in [-0.15, -0.1) is 0 Å². The van der Waals surface area contributed by atoms with Gasteiger partial charge < -0.3 is 20.8 Å². The molecule has 0 saturated heterocycles. The maximum Gasteiger partial charge on any atom is 0.328 e. The summed E-state index contributed by atoms with van der Waals surface area (Å²) in [6.07, 6.45) is 1.94. The Morgan fingerprint density at radius 1 is 1.27 bits per heavy atom. The highest BCUT2D eigenvalue weighted by Crippen LogP contribution is 2.37. The Bertz CT molecular complexity index is 1330. The molecule has 30 heavy (non-hydrogen) atoms. The number of nitrogens with one attached hydrogen (secondary N) is 2. The molecule has 3 heterocycles. The minimum atomic E-state index is -0.478. The van der Waals surface area contributed by atoms with Gasteiger partial charge in [-0.2, -0.15) is 4.98 Å². The van der Waals surface area contributed by atoms with Crippen LogP contribution in [0.2, 0.25) is 0 Å². The molecule has 1 atom stereocenters. The molecule has 0 aliphatic carbocycles. The summed E-state index contributed by atoms with van der Waals surface area (Å²) in [6.45, 7) is 0.264. The molecule has 0 unspecified atom stereocenters. The van der Waals surface area contributed by atoms with Crippen LogP contribution in [0.4, 0.5) is 26.1 Å². The third kappa shape index (κ3) is 2.93. The number of aromatic nitrogens is 4. The number of hydrogen-bond donors (Lipinski definition) is 3. The van der Waals surface area contributed by atoms with Crippen LogP contribution in [0, 0.1) is 11.6 Å². The summed E-state index contributed by atoms with van der Waals surface area (Å²) in [4.78, 5) is 24.1. The SMILES string of the molecule is Nc1cc(F)ccc1Nc1ncc2[nH]c(=O)n([C@@H]3CCOc4c(F)cccc43)c2n1. The van der Waals surface area contributed by atoms with Gasteiger partial charge in [-0.25, -0.2) is 18.6 Å². The third-order valence-corrected chi connectivity index (χ3v) is 5.02. The summed E-state index contributed by atoms with van der Waals surface area (Å²) in [5.41, 5.74) is 7.41. The highest BCUT2D eigenvalue weighted by Gasteiger charge is 2.28. The Morgan fingerprint density at radius 2 is 2.13 bits per heavy atom. The van der Waals surface area contributed by atoms with Crippen molar-refractivity contribution in [2.75, 3.05) is 17.7 Å². The van der Waals surface area contributed by atoms with Gasteiger partial charge in [0.25, 0.3) is 0 Å². The van der Waals surface area contributed by atoms with Gasteiger partial charge in [0.1, 0.15) is 11.3 Å². The number of nitrogens with zero attached hydrogens (tertiary/aromatic N) is 3. The van der Waals surface area contributed by atoms with Crippen molar-refractivity contribution < 1.29 is 13.5 Å². The first-order valence-corrected chi connectivity index (χ1v) is 9.22.